The first-order chi connectivity index (χ1) is 12.1. The molecule has 7 heteroatoms. The molecule has 2 heterocycles. The average molecular weight is 357 g/mol. The van der Waals surface area contributed by atoms with Crippen LogP contribution in [0.3, 0.4) is 0 Å². The number of aromatic hydroxyl groups is 1. The summed E-state index contributed by atoms with van der Waals surface area (Å²) < 4.78 is 26.4. The maximum Gasteiger partial charge on any atom is 0.223 e. The summed E-state index contributed by atoms with van der Waals surface area (Å²) in [6.45, 7) is 0. The summed E-state index contributed by atoms with van der Waals surface area (Å²) in [5.41, 5.74) is 2.48. The van der Waals surface area contributed by atoms with Gasteiger partial charge in [-0.2, -0.15) is 10.1 Å². The van der Waals surface area contributed by atoms with E-state index < -0.39 is 0 Å². The van der Waals surface area contributed by atoms with Crippen molar-refractivity contribution < 1.29 is 13.9 Å². The highest BCUT2D eigenvalue weighted by Gasteiger charge is 2.31. The van der Waals surface area contributed by atoms with Crippen molar-refractivity contribution in [3.63, 3.8) is 0 Å². The molecular weight excluding hydrogens is 344 g/mol. The van der Waals surface area contributed by atoms with Gasteiger partial charge >= 0.3 is 0 Å². The smallest absolute Gasteiger partial charge is 0.223 e. The molecule has 3 aromatic rings. The minimum atomic E-state index is -0.306. The summed E-state index contributed by atoms with van der Waals surface area (Å²) in [5, 5.41) is 18.0. The van der Waals surface area contributed by atoms with Crippen molar-refractivity contribution in [2.75, 3.05) is 5.01 Å². The van der Waals surface area contributed by atoms with Crippen LogP contribution in [0, 0.1) is 11.6 Å². The second-order valence-corrected chi connectivity index (χ2v) is 6.49. The van der Waals surface area contributed by atoms with Gasteiger partial charge in [-0.3, -0.25) is 0 Å². The predicted molar refractivity (Wildman–Crippen MR) is 93.0 cm³/mol. The van der Waals surface area contributed by atoms with Gasteiger partial charge in [0.25, 0.3) is 0 Å². The number of hydrogen-bond acceptors (Lipinski definition) is 5. The number of thiazole rings is 1. The lowest BCUT2D eigenvalue weighted by atomic mass is 9.98. The molecule has 4 rings (SSSR count). The third-order valence-electron chi connectivity index (χ3n) is 4.02. The summed E-state index contributed by atoms with van der Waals surface area (Å²) in [6.07, 6.45) is 0.567. The van der Waals surface area contributed by atoms with Crippen molar-refractivity contribution in [3.8, 4) is 5.88 Å². The van der Waals surface area contributed by atoms with E-state index in [4.69, 9.17) is 0 Å². The Morgan fingerprint density at radius 3 is 2.24 bits per heavy atom. The zero-order valence-corrected chi connectivity index (χ0v) is 13.8. The van der Waals surface area contributed by atoms with Crippen LogP contribution in [-0.2, 0) is 0 Å². The molecule has 25 heavy (non-hydrogen) atoms. The van der Waals surface area contributed by atoms with E-state index in [2.05, 4.69) is 10.1 Å². The van der Waals surface area contributed by atoms with Crippen LogP contribution in [0.5, 0.6) is 5.88 Å². The first-order valence-corrected chi connectivity index (χ1v) is 8.51. The fourth-order valence-electron chi connectivity index (χ4n) is 2.81. The molecule has 1 aliphatic rings. The van der Waals surface area contributed by atoms with Crippen molar-refractivity contribution in [3.05, 3.63) is 76.7 Å². The number of benzene rings is 2. The largest absolute Gasteiger partial charge is 0.493 e. The van der Waals surface area contributed by atoms with E-state index in [1.807, 2.05) is 0 Å². The van der Waals surface area contributed by atoms with Crippen LogP contribution in [0.25, 0.3) is 0 Å². The lowest BCUT2D eigenvalue weighted by molar-refractivity contribution is 0.457. The zero-order chi connectivity index (χ0) is 17.4. The van der Waals surface area contributed by atoms with E-state index in [-0.39, 0.29) is 23.6 Å². The van der Waals surface area contributed by atoms with Crippen molar-refractivity contribution in [2.45, 2.75) is 12.5 Å². The van der Waals surface area contributed by atoms with E-state index in [1.54, 1.807) is 29.3 Å². The summed E-state index contributed by atoms with van der Waals surface area (Å²) in [7, 11) is 0. The molecule has 0 radical (unpaired) electrons. The minimum Gasteiger partial charge on any atom is -0.493 e. The Kier molecular flexibility index (Phi) is 3.93. The van der Waals surface area contributed by atoms with Crippen LogP contribution in [0.1, 0.15) is 23.6 Å². The number of rotatable bonds is 3. The molecule has 126 valence electrons. The Bertz CT molecular complexity index is 922. The normalized spacial score (nSPS) is 17.0. The van der Waals surface area contributed by atoms with Crippen LogP contribution in [0.4, 0.5) is 13.9 Å². The third kappa shape index (κ3) is 3.10. The van der Waals surface area contributed by atoms with Gasteiger partial charge in [-0.1, -0.05) is 35.6 Å². The Hall–Kier alpha value is -2.80. The fraction of sp³-hybridized carbons (Fsp3) is 0.111. The first-order valence-electron chi connectivity index (χ1n) is 7.63. The van der Waals surface area contributed by atoms with Gasteiger partial charge in [0.15, 0.2) is 0 Å². The van der Waals surface area contributed by atoms with Gasteiger partial charge in [0, 0.05) is 6.42 Å². The monoisotopic (exact) mass is 357 g/mol. The fourth-order valence-corrected chi connectivity index (χ4v) is 3.50. The average Bonchev–Trinajstić information content (AvgIpc) is 3.23. The standard InChI is InChI=1S/C18H13F2N3OS/c19-13-5-1-11(2-6-13)15-9-16(12-3-7-14(20)8-4-12)23(22-15)18-21-17(24)10-25-18/h1-8,10,16,24H,9H2. The SMILES string of the molecule is Oc1csc(N2N=C(c3ccc(F)cc3)CC2c2ccc(F)cc2)n1. The topological polar surface area (TPSA) is 48.7 Å². The Labute approximate surface area is 146 Å². The minimum absolute atomic E-state index is 0.0664. The van der Waals surface area contributed by atoms with E-state index >= 15 is 0 Å². The molecule has 0 saturated heterocycles. The number of aromatic nitrogens is 1. The first kappa shape index (κ1) is 15.7. The summed E-state index contributed by atoms with van der Waals surface area (Å²) in [6, 6.07) is 12.2. The molecule has 1 N–H and O–H groups in total. The van der Waals surface area contributed by atoms with E-state index in [9.17, 15) is 13.9 Å². The van der Waals surface area contributed by atoms with Gasteiger partial charge in [0.05, 0.1) is 17.1 Å². The van der Waals surface area contributed by atoms with Gasteiger partial charge in [0.2, 0.25) is 11.0 Å². The molecule has 1 unspecified atom stereocenters. The molecule has 0 aliphatic carbocycles. The molecule has 0 bridgehead atoms. The van der Waals surface area contributed by atoms with Crippen molar-refractivity contribution in [1.29, 1.82) is 0 Å². The van der Waals surface area contributed by atoms with Gasteiger partial charge in [-0.05, 0) is 35.4 Å². The summed E-state index contributed by atoms with van der Waals surface area (Å²) >= 11 is 1.27. The zero-order valence-electron chi connectivity index (χ0n) is 12.9. The van der Waals surface area contributed by atoms with Crippen molar-refractivity contribution in [1.82, 2.24) is 4.98 Å². The Balaban J connectivity index is 1.73. The second-order valence-electron chi connectivity index (χ2n) is 5.66. The number of anilines is 1. The van der Waals surface area contributed by atoms with Crippen molar-refractivity contribution >= 4 is 22.2 Å². The summed E-state index contributed by atoms with van der Waals surface area (Å²) in [4.78, 5) is 4.09. The van der Waals surface area contributed by atoms with Crippen LogP contribution >= 0.6 is 11.3 Å². The molecule has 0 saturated carbocycles. The molecule has 0 spiro atoms. The van der Waals surface area contributed by atoms with E-state index in [0.29, 0.717) is 11.6 Å². The molecule has 0 fully saturated rings. The second kappa shape index (κ2) is 6.25. The molecule has 4 nitrogen and oxygen atoms in total. The molecule has 1 aliphatic heterocycles. The van der Waals surface area contributed by atoms with Crippen LogP contribution < -0.4 is 5.01 Å². The molecule has 0 amide bonds. The van der Waals surface area contributed by atoms with Crippen LogP contribution in [0.2, 0.25) is 0 Å². The molecule has 1 atom stereocenters. The Morgan fingerprint density at radius 1 is 1.00 bits per heavy atom. The molecular formula is C18H13F2N3OS. The van der Waals surface area contributed by atoms with Gasteiger partial charge in [-0.15, -0.1) is 0 Å². The van der Waals surface area contributed by atoms with Gasteiger partial charge < -0.3 is 5.11 Å². The van der Waals surface area contributed by atoms with Crippen LogP contribution in [-0.4, -0.2) is 15.8 Å². The highest BCUT2D eigenvalue weighted by atomic mass is 32.1. The van der Waals surface area contributed by atoms with E-state index in [1.165, 1.54) is 41.0 Å². The van der Waals surface area contributed by atoms with Crippen molar-refractivity contribution in [2.24, 2.45) is 5.10 Å². The lowest BCUT2D eigenvalue weighted by Crippen LogP contribution is -2.18. The van der Waals surface area contributed by atoms with E-state index in [0.717, 1.165) is 16.8 Å². The number of hydrazone groups is 1. The number of hydrogen-bond donors (Lipinski definition) is 1. The number of nitrogens with zero attached hydrogens (tertiary/aromatic N) is 3. The third-order valence-corrected chi connectivity index (χ3v) is 4.84. The highest BCUT2D eigenvalue weighted by molar-refractivity contribution is 7.13. The van der Waals surface area contributed by atoms with Gasteiger partial charge in [0.1, 0.15) is 11.6 Å². The lowest BCUT2D eigenvalue weighted by Gasteiger charge is -2.21. The Morgan fingerprint density at radius 2 is 1.64 bits per heavy atom. The van der Waals surface area contributed by atoms with Gasteiger partial charge in [-0.25, -0.2) is 13.8 Å². The quantitative estimate of drug-likeness (QED) is 0.752. The molecule has 1 aromatic heterocycles. The summed E-state index contributed by atoms with van der Waals surface area (Å²) in [5.74, 6) is -0.678. The maximum atomic E-state index is 13.3. The number of halogens is 2. The predicted octanol–water partition coefficient (Wildman–Crippen LogP) is 4.48. The molecule has 2 aromatic carbocycles. The maximum absolute atomic E-state index is 13.3. The highest BCUT2D eigenvalue weighted by Crippen LogP contribution is 2.38. The van der Waals surface area contributed by atoms with Crippen LogP contribution in [0.15, 0.2) is 59.0 Å².